The Bertz CT molecular complexity index is 196. The third-order valence-corrected chi connectivity index (χ3v) is 1.42. The molecule has 0 radical (unpaired) electrons. The summed E-state index contributed by atoms with van der Waals surface area (Å²) in [5, 5.41) is 24.5. The molecule has 2 unspecified atom stereocenters. The summed E-state index contributed by atoms with van der Waals surface area (Å²) in [7, 11) is 0. The smallest absolute Gasteiger partial charge is 0.157 e. The second-order valence-electron chi connectivity index (χ2n) is 2.34. The lowest BCUT2D eigenvalue weighted by Gasteiger charge is -1.98. The molecule has 2 atom stereocenters. The van der Waals surface area contributed by atoms with Gasteiger partial charge < -0.3 is 0 Å². The fourth-order valence-corrected chi connectivity index (χ4v) is 0.558. The van der Waals surface area contributed by atoms with Crippen molar-refractivity contribution in [1.29, 1.82) is 10.5 Å². The number of azo groups is 1. The Morgan fingerprint density at radius 1 is 1.00 bits per heavy atom. The van der Waals surface area contributed by atoms with Crippen molar-refractivity contribution in [2.24, 2.45) is 10.2 Å². The predicted octanol–water partition coefficient (Wildman–Crippen LogP) is 2.04. The van der Waals surface area contributed by atoms with Crippen molar-refractivity contribution in [3.05, 3.63) is 0 Å². The molecule has 0 heterocycles. The van der Waals surface area contributed by atoms with Crippen LogP contribution in [0.15, 0.2) is 10.2 Å². The van der Waals surface area contributed by atoms with Gasteiger partial charge in [0.2, 0.25) is 0 Å². The predicted molar refractivity (Wildman–Crippen MR) is 44.2 cm³/mol. The molecule has 0 amide bonds. The van der Waals surface area contributed by atoms with E-state index in [4.69, 9.17) is 10.5 Å². The number of nitriles is 2. The molecular formula is C8H12N4. The van der Waals surface area contributed by atoms with Crippen molar-refractivity contribution in [1.82, 2.24) is 0 Å². The Morgan fingerprint density at radius 3 is 1.50 bits per heavy atom. The van der Waals surface area contributed by atoms with E-state index in [0.29, 0.717) is 12.8 Å². The highest BCUT2D eigenvalue weighted by Crippen LogP contribution is 2.01. The van der Waals surface area contributed by atoms with Crippen molar-refractivity contribution in [2.45, 2.75) is 38.8 Å². The van der Waals surface area contributed by atoms with E-state index in [2.05, 4.69) is 10.2 Å². The highest BCUT2D eigenvalue weighted by Gasteiger charge is 2.03. The molecule has 0 saturated carbocycles. The zero-order valence-electron chi connectivity index (χ0n) is 7.36. The van der Waals surface area contributed by atoms with Crippen LogP contribution in [0.5, 0.6) is 0 Å². The van der Waals surface area contributed by atoms with Crippen molar-refractivity contribution in [3.63, 3.8) is 0 Å². The molecule has 64 valence electrons. The van der Waals surface area contributed by atoms with Crippen LogP contribution in [0.2, 0.25) is 0 Å². The van der Waals surface area contributed by atoms with E-state index >= 15 is 0 Å². The van der Waals surface area contributed by atoms with Crippen molar-refractivity contribution in [3.8, 4) is 12.1 Å². The Hall–Kier alpha value is -1.42. The van der Waals surface area contributed by atoms with Crippen LogP contribution < -0.4 is 0 Å². The molecule has 0 N–H and O–H groups in total. The van der Waals surface area contributed by atoms with Crippen LogP contribution in [0.3, 0.4) is 0 Å². The number of rotatable bonds is 4. The highest BCUT2D eigenvalue weighted by atomic mass is 15.1. The van der Waals surface area contributed by atoms with Gasteiger partial charge in [-0.25, -0.2) is 0 Å². The third kappa shape index (κ3) is 3.68. The average Bonchev–Trinajstić information content (AvgIpc) is 2.13. The van der Waals surface area contributed by atoms with Gasteiger partial charge in [-0.05, 0) is 12.8 Å². The lowest BCUT2D eigenvalue weighted by Crippen LogP contribution is -2.01. The number of hydrogen-bond donors (Lipinski definition) is 0. The SMILES string of the molecule is CCC(C#N)N=NC(C#N)CC. The van der Waals surface area contributed by atoms with Crippen LogP contribution in [0.4, 0.5) is 0 Å². The summed E-state index contributed by atoms with van der Waals surface area (Å²) in [5.74, 6) is 0. The van der Waals surface area contributed by atoms with E-state index in [9.17, 15) is 0 Å². The second-order valence-corrected chi connectivity index (χ2v) is 2.34. The molecular weight excluding hydrogens is 152 g/mol. The summed E-state index contributed by atoms with van der Waals surface area (Å²) >= 11 is 0. The van der Waals surface area contributed by atoms with Gasteiger partial charge in [-0.1, -0.05) is 13.8 Å². The summed E-state index contributed by atoms with van der Waals surface area (Å²) in [6.07, 6.45) is 1.28. The van der Waals surface area contributed by atoms with E-state index in [1.807, 2.05) is 26.0 Å². The van der Waals surface area contributed by atoms with E-state index in [1.165, 1.54) is 0 Å². The molecule has 0 saturated heterocycles. The van der Waals surface area contributed by atoms with Gasteiger partial charge in [0.1, 0.15) is 0 Å². The Balaban J connectivity index is 4.05. The first-order valence-electron chi connectivity index (χ1n) is 3.97. The van der Waals surface area contributed by atoms with Crippen molar-refractivity contribution < 1.29 is 0 Å². The van der Waals surface area contributed by atoms with Gasteiger partial charge in [0.15, 0.2) is 12.1 Å². The molecule has 0 spiro atoms. The van der Waals surface area contributed by atoms with Crippen molar-refractivity contribution >= 4 is 0 Å². The fourth-order valence-electron chi connectivity index (χ4n) is 0.558. The molecule has 0 fully saturated rings. The van der Waals surface area contributed by atoms with Gasteiger partial charge in [-0.15, -0.1) is 0 Å². The molecule has 0 aliphatic rings. The maximum Gasteiger partial charge on any atom is 0.157 e. The van der Waals surface area contributed by atoms with E-state index < -0.39 is 12.1 Å². The first kappa shape index (κ1) is 10.6. The number of nitrogens with zero attached hydrogens (tertiary/aromatic N) is 4. The van der Waals surface area contributed by atoms with Gasteiger partial charge in [0, 0.05) is 0 Å². The van der Waals surface area contributed by atoms with Gasteiger partial charge in [0.05, 0.1) is 12.1 Å². The first-order valence-corrected chi connectivity index (χ1v) is 3.97. The standard InChI is InChI=1S/C8H12N4/c1-3-7(5-9)11-12-8(4-2)6-10/h7-8H,3-4H2,1-2H3. The van der Waals surface area contributed by atoms with Crippen LogP contribution in [-0.2, 0) is 0 Å². The maximum atomic E-state index is 8.50. The van der Waals surface area contributed by atoms with Crippen LogP contribution in [-0.4, -0.2) is 12.1 Å². The molecule has 0 aromatic carbocycles. The fraction of sp³-hybridized carbons (Fsp3) is 0.750. The molecule has 0 aliphatic heterocycles. The zero-order chi connectivity index (χ0) is 9.40. The Morgan fingerprint density at radius 2 is 1.33 bits per heavy atom. The van der Waals surface area contributed by atoms with Crippen molar-refractivity contribution in [2.75, 3.05) is 0 Å². The molecule has 0 rings (SSSR count). The van der Waals surface area contributed by atoms with E-state index in [-0.39, 0.29) is 0 Å². The lowest BCUT2D eigenvalue weighted by atomic mass is 10.2. The van der Waals surface area contributed by atoms with E-state index in [1.54, 1.807) is 0 Å². The highest BCUT2D eigenvalue weighted by molar-refractivity contribution is 4.91. The third-order valence-electron chi connectivity index (χ3n) is 1.42. The summed E-state index contributed by atoms with van der Waals surface area (Å²) < 4.78 is 0. The van der Waals surface area contributed by atoms with Gasteiger partial charge in [-0.2, -0.15) is 20.8 Å². The molecule has 12 heavy (non-hydrogen) atoms. The molecule has 4 nitrogen and oxygen atoms in total. The molecule has 0 aliphatic carbocycles. The summed E-state index contributed by atoms with van der Waals surface area (Å²) in [6.45, 7) is 3.72. The Kier molecular flexibility index (Phi) is 5.55. The second kappa shape index (κ2) is 6.30. The van der Waals surface area contributed by atoms with E-state index in [0.717, 1.165) is 0 Å². The van der Waals surface area contributed by atoms with Gasteiger partial charge in [-0.3, -0.25) is 0 Å². The largest absolute Gasteiger partial charge is 0.196 e. The minimum Gasteiger partial charge on any atom is -0.196 e. The minimum absolute atomic E-state index is 0.396. The Labute approximate surface area is 72.5 Å². The first-order chi connectivity index (χ1) is 5.78. The van der Waals surface area contributed by atoms with Crippen LogP contribution in [0.25, 0.3) is 0 Å². The lowest BCUT2D eigenvalue weighted by molar-refractivity contribution is 0.667. The number of hydrogen-bond acceptors (Lipinski definition) is 4. The maximum absolute atomic E-state index is 8.50. The summed E-state index contributed by atoms with van der Waals surface area (Å²) in [6, 6.07) is 3.18. The molecule has 0 aromatic rings. The topological polar surface area (TPSA) is 72.3 Å². The molecule has 0 aromatic heterocycles. The van der Waals surface area contributed by atoms with Gasteiger partial charge >= 0.3 is 0 Å². The average molecular weight is 164 g/mol. The molecule has 4 heteroatoms. The van der Waals surface area contributed by atoms with Crippen LogP contribution in [0.1, 0.15) is 26.7 Å². The monoisotopic (exact) mass is 164 g/mol. The van der Waals surface area contributed by atoms with Gasteiger partial charge in [0.25, 0.3) is 0 Å². The van der Waals surface area contributed by atoms with Crippen LogP contribution >= 0.6 is 0 Å². The minimum atomic E-state index is -0.396. The normalized spacial score (nSPS) is 15.0. The zero-order valence-corrected chi connectivity index (χ0v) is 7.36. The summed E-state index contributed by atoms with van der Waals surface area (Å²) in [5.41, 5.74) is 0. The molecule has 0 bridgehead atoms. The quantitative estimate of drug-likeness (QED) is 0.596. The summed E-state index contributed by atoms with van der Waals surface area (Å²) in [4.78, 5) is 0. The van der Waals surface area contributed by atoms with Crippen LogP contribution in [0, 0.1) is 22.7 Å².